The number of benzene rings is 1. The van der Waals surface area contributed by atoms with Crippen molar-refractivity contribution in [1.29, 1.82) is 0 Å². The number of carbonyl (C=O) groups is 1. The molecule has 0 amide bonds. The standard InChI is InChI=1S/C24H36N4O5S/c1-24(2,3)21(16-9-13-33-14-10-16)22-25-19-6-5-18(15-20(19)26-22)27(4)34(31,32)28-11-7-17(8-12-28)23(29)30/h5-6,15-17,21H,7-14H2,1-4H3,(H,25,26)(H,29,30). The van der Waals surface area contributed by atoms with Crippen LogP contribution in [0.5, 0.6) is 0 Å². The Bertz CT molecular complexity index is 1130. The Balaban J connectivity index is 1.58. The number of aliphatic carboxylic acids is 1. The Hall–Kier alpha value is -2.17. The van der Waals surface area contributed by atoms with Crippen molar-refractivity contribution >= 4 is 32.9 Å². The summed E-state index contributed by atoms with van der Waals surface area (Å²) in [7, 11) is -2.22. The number of carboxylic acids is 1. The fourth-order valence-corrected chi connectivity index (χ4v) is 6.79. The highest BCUT2D eigenvalue weighted by atomic mass is 32.2. The van der Waals surface area contributed by atoms with E-state index in [9.17, 15) is 18.3 Å². The van der Waals surface area contributed by atoms with E-state index in [0.29, 0.717) is 24.4 Å². The van der Waals surface area contributed by atoms with E-state index in [1.807, 2.05) is 12.1 Å². The smallest absolute Gasteiger partial charge is 0.306 e. The quantitative estimate of drug-likeness (QED) is 0.637. The number of nitrogens with zero attached hydrogens (tertiary/aromatic N) is 3. The van der Waals surface area contributed by atoms with Gasteiger partial charge in [-0.3, -0.25) is 9.10 Å². The van der Waals surface area contributed by atoms with Gasteiger partial charge in [-0.15, -0.1) is 0 Å². The van der Waals surface area contributed by atoms with Gasteiger partial charge in [0.2, 0.25) is 0 Å². The average molecular weight is 493 g/mol. The van der Waals surface area contributed by atoms with Gasteiger partial charge >= 0.3 is 16.2 Å². The van der Waals surface area contributed by atoms with Crippen molar-refractivity contribution in [3.63, 3.8) is 0 Å². The molecule has 4 rings (SSSR count). The van der Waals surface area contributed by atoms with E-state index in [1.165, 1.54) is 15.7 Å². The molecule has 2 aliphatic rings. The van der Waals surface area contributed by atoms with Crippen LogP contribution in [-0.2, 0) is 19.7 Å². The summed E-state index contributed by atoms with van der Waals surface area (Å²) >= 11 is 0. The first kappa shape index (κ1) is 24.9. The molecule has 0 bridgehead atoms. The first-order chi connectivity index (χ1) is 16.0. The number of H-pyrrole nitrogens is 1. The Morgan fingerprint density at radius 3 is 2.44 bits per heavy atom. The van der Waals surface area contributed by atoms with E-state index < -0.39 is 22.1 Å². The number of anilines is 1. The van der Waals surface area contributed by atoms with Crippen LogP contribution in [0.15, 0.2) is 18.2 Å². The highest BCUT2D eigenvalue weighted by molar-refractivity contribution is 7.90. The van der Waals surface area contributed by atoms with Crippen LogP contribution < -0.4 is 4.31 Å². The maximum Gasteiger partial charge on any atom is 0.306 e. The largest absolute Gasteiger partial charge is 0.481 e. The van der Waals surface area contributed by atoms with E-state index in [0.717, 1.165) is 42.9 Å². The second-order valence-electron chi connectivity index (χ2n) is 10.6. The van der Waals surface area contributed by atoms with Gasteiger partial charge in [0.15, 0.2) is 0 Å². The summed E-state index contributed by atoms with van der Waals surface area (Å²) in [6, 6.07) is 5.46. The molecule has 2 aromatic rings. The summed E-state index contributed by atoms with van der Waals surface area (Å²) in [5.74, 6) is 0.311. The third-order valence-electron chi connectivity index (χ3n) is 7.29. The number of piperidine rings is 1. The summed E-state index contributed by atoms with van der Waals surface area (Å²) in [6.07, 6.45) is 2.66. The van der Waals surface area contributed by atoms with Crippen LogP contribution in [0.3, 0.4) is 0 Å². The van der Waals surface area contributed by atoms with E-state index in [4.69, 9.17) is 9.72 Å². The normalized spacial score (nSPS) is 20.5. The number of aromatic amines is 1. The molecule has 188 valence electrons. The highest BCUT2D eigenvalue weighted by Crippen LogP contribution is 2.44. The summed E-state index contributed by atoms with van der Waals surface area (Å²) < 4.78 is 34.6. The van der Waals surface area contributed by atoms with Gasteiger partial charge in [-0.1, -0.05) is 20.8 Å². The van der Waals surface area contributed by atoms with Gasteiger partial charge in [0, 0.05) is 39.3 Å². The molecule has 2 saturated heterocycles. The number of rotatable bonds is 6. The van der Waals surface area contributed by atoms with Crippen LogP contribution >= 0.6 is 0 Å². The topological polar surface area (TPSA) is 116 Å². The maximum atomic E-state index is 13.2. The fourth-order valence-electron chi connectivity index (χ4n) is 5.39. The van der Waals surface area contributed by atoms with Crippen LogP contribution in [-0.4, -0.2) is 67.1 Å². The zero-order chi connectivity index (χ0) is 24.7. The summed E-state index contributed by atoms with van der Waals surface area (Å²) in [5.41, 5.74) is 2.18. The summed E-state index contributed by atoms with van der Waals surface area (Å²) in [6.45, 7) is 8.66. The fraction of sp³-hybridized carbons (Fsp3) is 0.667. The molecule has 2 fully saturated rings. The summed E-state index contributed by atoms with van der Waals surface area (Å²) in [5, 5.41) is 9.20. The number of carboxylic acid groups (broad SMARTS) is 1. The number of nitrogens with one attached hydrogen (secondary N) is 1. The van der Waals surface area contributed by atoms with Gasteiger partial charge in [-0.05, 0) is 55.2 Å². The molecule has 1 aromatic carbocycles. The van der Waals surface area contributed by atoms with Gasteiger partial charge in [0.25, 0.3) is 0 Å². The van der Waals surface area contributed by atoms with Crippen molar-refractivity contribution in [3.8, 4) is 0 Å². The van der Waals surface area contributed by atoms with Crippen molar-refractivity contribution in [3.05, 3.63) is 24.0 Å². The molecule has 3 heterocycles. The van der Waals surface area contributed by atoms with Gasteiger partial charge < -0.3 is 14.8 Å². The van der Waals surface area contributed by atoms with E-state index in [-0.39, 0.29) is 24.4 Å². The Morgan fingerprint density at radius 2 is 1.85 bits per heavy atom. The molecule has 10 heteroatoms. The number of hydrogen-bond donors (Lipinski definition) is 2. The number of hydrogen-bond acceptors (Lipinski definition) is 5. The predicted molar refractivity (Wildman–Crippen MR) is 131 cm³/mol. The zero-order valence-corrected chi connectivity index (χ0v) is 21.3. The second-order valence-corrected chi connectivity index (χ2v) is 12.6. The summed E-state index contributed by atoms with van der Waals surface area (Å²) in [4.78, 5) is 19.6. The molecule has 2 N–H and O–H groups in total. The third kappa shape index (κ3) is 4.94. The van der Waals surface area contributed by atoms with Crippen LogP contribution in [0.4, 0.5) is 5.69 Å². The zero-order valence-electron chi connectivity index (χ0n) is 20.5. The SMILES string of the molecule is CN(c1ccc2nc(C(C3CCOCC3)C(C)(C)C)[nH]c2c1)S(=O)(=O)N1CCC(C(=O)O)CC1. The molecule has 9 nitrogen and oxygen atoms in total. The molecule has 1 aromatic heterocycles. The first-order valence-electron chi connectivity index (χ1n) is 12.0. The minimum Gasteiger partial charge on any atom is -0.481 e. The van der Waals surface area contributed by atoms with E-state index in [1.54, 1.807) is 6.07 Å². The Kier molecular flexibility index (Phi) is 6.94. The molecule has 0 radical (unpaired) electrons. The Labute approximate surface area is 201 Å². The number of imidazole rings is 1. The average Bonchev–Trinajstić information content (AvgIpc) is 3.20. The monoisotopic (exact) mass is 492 g/mol. The molecule has 2 aliphatic heterocycles. The first-order valence-corrected chi connectivity index (χ1v) is 13.4. The minimum absolute atomic E-state index is 0.0148. The number of fused-ring (bicyclic) bond motifs is 1. The van der Waals surface area contributed by atoms with Gasteiger partial charge in [0.05, 0.1) is 22.6 Å². The van der Waals surface area contributed by atoms with Gasteiger partial charge in [-0.25, -0.2) is 4.98 Å². The van der Waals surface area contributed by atoms with Crippen LogP contribution in [0, 0.1) is 17.3 Å². The van der Waals surface area contributed by atoms with Crippen molar-refractivity contribution in [2.45, 2.75) is 52.4 Å². The van der Waals surface area contributed by atoms with Gasteiger partial charge in [0.1, 0.15) is 5.82 Å². The lowest BCUT2D eigenvalue weighted by atomic mass is 9.70. The number of ether oxygens (including phenoxy) is 1. The van der Waals surface area contributed by atoms with Crippen molar-refractivity contribution in [2.24, 2.45) is 17.3 Å². The second kappa shape index (κ2) is 9.47. The molecule has 0 spiro atoms. The third-order valence-corrected chi connectivity index (χ3v) is 9.21. The van der Waals surface area contributed by atoms with Crippen LogP contribution in [0.1, 0.15) is 58.2 Å². The van der Waals surface area contributed by atoms with E-state index in [2.05, 4.69) is 25.8 Å². The maximum absolute atomic E-state index is 13.2. The molecule has 0 saturated carbocycles. The van der Waals surface area contributed by atoms with Gasteiger partial charge in [-0.2, -0.15) is 12.7 Å². The molecular formula is C24H36N4O5S. The van der Waals surface area contributed by atoms with Crippen molar-refractivity contribution in [2.75, 3.05) is 37.7 Å². The molecular weight excluding hydrogens is 456 g/mol. The molecule has 34 heavy (non-hydrogen) atoms. The van der Waals surface area contributed by atoms with E-state index >= 15 is 0 Å². The highest BCUT2D eigenvalue weighted by Gasteiger charge is 2.37. The minimum atomic E-state index is -3.76. The van der Waals surface area contributed by atoms with Crippen molar-refractivity contribution in [1.82, 2.24) is 14.3 Å². The van der Waals surface area contributed by atoms with Crippen LogP contribution in [0.25, 0.3) is 11.0 Å². The van der Waals surface area contributed by atoms with Crippen LogP contribution in [0.2, 0.25) is 0 Å². The molecule has 1 unspecified atom stereocenters. The number of aromatic nitrogens is 2. The molecule has 0 aliphatic carbocycles. The lowest BCUT2D eigenvalue weighted by Gasteiger charge is -2.37. The molecule has 1 atom stereocenters. The van der Waals surface area contributed by atoms with Crippen molar-refractivity contribution < 1.29 is 23.1 Å². The Morgan fingerprint density at radius 1 is 1.21 bits per heavy atom. The predicted octanol–water partition coefficient (Wildman–Crippen LogP) is 3.60. The lowest BCUT2D eigenvalue weighted by molar-refractivity contribution is -0.142. The lowest BCUT2D eigenvalue weighted by Crippen LogP contribution is -2.46.